The maximum Gasteiger partial charge on any atom is 0.328 e. The molecule has 0 aromatic carbocycles. The van der Waals surface area contributed by atoms with E-state index in [1.807, 2.05) is 20.8 Å². The van der Waals surface area contributed by atoms with E-state index in [0.29, 0.717) is 0 Å². The molecule has 0 aliphatic carbocycles. The van der Waals surface area contributed by atoms with Gasteiger partial charge in [0, 0.05) is 9.75 Å². The van der Waals surface area contributed by atoms with E-state index < -0.39 is 17.7 Å². The molecule has 0 bridgehead atoms. The first-order valence-corrected chi connectivity index (χ1v) is 6.22. The van der Waals surface area contributed by atoms with Crippen LogP contribution in [0.25, 0.3) is 0 Å². The van der Waals surface area contributed by atoms with Crippen LogP contribution in [0.5, 0.6) is 0 Å². The summed E-state index contributed by atoms with van der Waals surface area (Å²) in [6.07, 6.45) is -3.76. The first-order chi connectivity index (χ1) is 7.56. The highest BCUT2D eigenvalue weighted by atomic mass is 35.5. The Balaban J connectivity index is 2.99. The molecular formula is C11H13ClF4S. The van der Waals surface area contributed by atoms with Gasteiger partial charge >= 0.3 is 12.3 Å². The first-order valence-electron chi connectivity index (χ1n) is 4.97. The molecule has 0 saturated carbocycles. The Kier molecular flexibility index (Phi) is 4.14. The Bertz CT molecular complexity index is 381. The normalized spacial score (nSPS) is 15.4. The van der Waals surface area contributed by atoms with Gasteiger partial charge in [-0.05, 0) is 17.5 Å². The Hall–Kier alpha value is -0.290. The standard InChI is InChI=1S/C11H13ClF4S/c1-10(2,3)7-5-4-6(17-7)8(12)11(15,16)9(13)14/h4-5,8-9H,1-3H3. The van der Waals surface area contributed by atoms with Gasteiger partial charge in [0.25, 0.3) is 0 Å². The summed E-state index contributed by atoms with van der Waals surface area (Å²) in [6, 6.07) is 3.04. The predicted molar refractivity (Wildman–Crippen MR) is 62.6 cm³/mol. The van der Waals surface area contributed by atoms with Gasteiger partial charge in [-0.25, -0.2) is 8.78 Å². The lowest BCUT2D eigenvalue weighted by Gasteiger charge is -2.20. The highest BCUT2D eigenvalue weighted by Gasteiger charge is 2.49. The zero-order valence-corrected chi connectivity index (χ0v) is 11.2. The lowest BCUT2D eigenvalue weighted by Crippen LogP contribution is -2.31. The quantitative estimate of drug-likeness (QED) is 0.528. The molecular weight excluding hydrogens is 276 g/mol. The van der Waals surface area contributed by atoms with Crippen molar-refractivity contribution in [2.24, 2.45) is 0 Å². The van der Waals surface area contributed by atoms with Crippen molar-refractivity contribution in [3.05, 3.63) is 21.9 Å². The van der Waals surface area contributed by atoms with Gasteiger partial charge in [0.2, 0.25) is 0 Å². The molecule has 1 unspecified atom stereocenters. The summed E-state index contributed by atoms with van der Waals surface area (Å²) in [7, 11) is 0. The Labute approximate surface area is 107 Å². The van der Waals surface area contributed by atoms with Crippen LogP contribution in [0, 0.1) is 0 Å². The number of rotatable bonds is 3. The monoisotopic (exact) mass is 288 g/mol. The van der Waals surface area contributed by atoms with Gasteiger partial charge in [0.15, 0.2) is 0 Å². The molecule has 0 aliphatic heterocycles. The summed E-state index contributed by atoms with van der Waals surface area (Å²) in [4.78, 5) is 0.908. The van der Waals surface area contributed by atoms with Gasteiger partial charge in [0.05, 0.1) is 0 Å². The summed E-state index contributed by atoms with van der Waals surface area (Å²) in [5, 5.41) is -1.98. The SMILES string of the molecule is CC(C)(C)c1ccc(C(Cl)C(F)(F)C(F)F)s1. The fraction of sp³-hybridized carbons (Fsp3) is 0.636. The van der Waals surface area contributed by atoms with E-state index in [1.165, 1.54) is 6.07 Å². The number of thiophene rings is 1. The van der Waals surface area contributed by atoms with Gasteiger partial charge in [-0.15, -0.1) is 22.9 Å². The summed E-state index contributed by atoms with van der Waals surface area (Å²) < 4.78 is 50.4. The summed E-state index contributed by atoms with van der Waals surface area (Å²) >= 11 is 6.48. The molecule has 1 atom stereocenters. The van der Waals surface area contributed by atoms with E-state index in [1.54, 1.807) is 6.07 Å². The molecule has 6 heteroatoms. The topological polar surface area (TPSA) is 0 Å². The van der Waals surface area contributed by atoms with Crippen LogP contribution in [0.4, 0.5) is 17.6 Å². The average molecular weight is 289 g/mol. The zero-order valence-electron chi connectivity index (χ0n) is 9.61. The molecule has 0 N–H and O–H groups in total. The van der Waals surface area contributed by atoms with Crippen LogP contribution < -0.4 is 0 Å². The Morgan fingerprint density at radius 2 is 1.71 bits per heavy atom. The van der Waals surface area contributed by atoms with Crippen LogP contribution >= 0.6 is 22.9 Å². The van der Waals surface area contributed by atoms with Crippen molar-refractivity contribution in [3.63, 3.8) is 0 Å². The Morgan fingerprint density at radius 3 is 2.06 bits per heavy atom. The van der Waals surface area contributed by atoms with Gasteiger partial charge in [-0.1, -0.05) is 20.8 Å². The number of hydrogen-bond acceptors (Lipinski definition) is 1. The fourth-order valence-corrected chi connectivity index (χ4v) is 2.59. The summed E-state index contributed by atoms with van der Waals surface area (Å²) in [6.45, 7) is 5.74. The van der Waals surface area contributed by atoms with Crippen molar-refractivity contribution in [2.75, 3.05) is 0 Å². The van der Waals surface area contributed by atoms with E-state index in [0.717, 1.165) is 16.2 Å². The molecule has 1 rings (SSSR count). The Morgan fingerprint density at radius 1 is 1.18 bits per heavy atom. The second-order valence-corrected chi connectivity index (χ2v) is 6.34. The third kappa shape index (κ3) is 3.13. The molecule has 0 aliphatic rings. The van der Waals surface area contributed by atoms with Gasteiger partial charge in [0.1, 0.15) is 5.38 Å². The number of alkyl halides is 5. The molecule has 0 fully saturated rings. The lowest BCUT2D eigenvalue weighted by atomic mass is 9.95. The van der Waals surface area contributed by atoms with Gasteiger partial charge in [-0.2, -0.15) is 8.78 Å². The number of hydrogen-bond donors (Lipinski definition) is 0. The highest BCUT2D eigenvalue weighted by molar-refractivity contribution is 7.12. The predicted octanol–water partition coefficient (Wildman–Crippen LogP) is 5.23. The molecule has 1 aromatic heterocycles. The van der Waals surface area contributed by atoms with Crippen molar-refractivity contribution in [1.82, 2.24) is 0 Å². The van der Waals surface area contributed by atoms with Crippen molar-refractivity contribution >= 4 is 22.9 Å². The molecule has 1 heterocycles. The lowest BCUT2D eigenvalue weighted by molar-refractivity contribution is -0.130. The van der Waals surface area contributed by atoms with Crippen molar-refractivity contribution in [2.45, 2.75) is 43.9 Å². The minimum Gasteiger partial charge on any atom is -0.204 e. The van der Waals surface area contributed by atoms with Crippen LogP contribution in [-0.2, 0) is 5.41 Å². The molecule has 0 spiro atoms. The van der Waals surface area contributed by atoms with Crippen LogP contribution in [-0.4, -0.2) is 12.3 Å². The van der Waals surface area contributed by atoms with E-state index in [4.69, 9.17) is 11.6 Å². The molecule has 17 heavy (non-hydrogen) atoms. The van der Waals surface area contributed by atoms with Crippen LogP contribution in [0.3, 0.4) is 0 Å². The van der Waals surface area contributed by atoms with E-state index >= 15 is 0 Å². The number of halogens is 5. The second kappa shape index (κ2) is 4.76. The molecule has 0 amide bonds. The summed E-state index contributed by atoms with van der Waals surface area (Å²) in [5.41, 5.74) is -0.209. The maximum atomic E-state index is 13.1. The van der Waals surface area contributed by atoms with Crippen molar-refractivity contribution in [3.8, 4) is 0 Å². The largest absolute Gasteiger partial charge is 0.328 e. The van der Waals surface area contributed by atoms with Crippen LogP contribution in [0.2, 0.25) is 0 Å². The molecule has 98 valence electrons. The third-order valence-electron chi connectivity index (χ3n) is 2.24. The maximum absolute atomic E-state index is 13.1. The van der Waals surface area contributed by atoms with Crippen molar-refractivity contribution < 1.29 is 17.6 Å². The highest BCUT2D eigenvalue weighted by Crippen LogP contribution is 2.44. The average Bonchev–Trinajstić information content (AvgIpc) is 2.63. The van der Waals surface area contributed by atoms with E-state index in [9.17, 15) is 17.6 Å². The van der Waals surface area contributed by atoms with Gasteiger partial charge < -0.3 is 0 Å². The van der Waals surface area contributed by atoms with Gasteiger partial charge in [-0.3, -0.25) is 0 Å². The fourth-order valence-electron chi connectivity index (χ4n) is 1.19. The second-order valence-electron chi connectivity index (χ2n) is 4.79. The van der Waals surface area contributed by atoms with E-state index in [-0.39, 0.29) is 10.3 Å². The van der Waals surface area contributed by atoms with Crippen LogP contribution in [0.1, 0.15) is 35.9 Å². The smallest absolute Gasteiger partial charge is 0.204 e. The first kappa shape index (κ1) is 14.8. The van der Waals surface area contributed by atoms with Crippen molar-refractivity contribution in [1.29, 1.82) is 0 Å². The van der Waals surface area contributed by atoms with E-state index in [2.05, 4.69) is 0 Å². The third-order valence-corrected chi connectivity index (χ3v) is 4.48. The summed E-state index contributed by atoms with van der Waals surface area (Å²) in [5.74, 6) is -4.21. The molecule has 0 saturated heterocycles. The molecule has 0 radical (unpaired) electrons. The molecule has 1 aromatic rings. The zero-order chi connectivity index (χ0) is 13.4. The van der Waals surface area contributed by atoms with Crippen LogP contribution in [0.15, 0.2) is 12.1 Å². The minimum absolute atomic E-state index is 0.0712. The molecule has 0 nitrogen and oxygen atoms in total. The minimum atomic E-state index is -4.21.